The van der Waals surface area contributed by atoms with Crippen molar-refractivity contribution in [2.24, 2.45) is 0 Å². The van der Waals surface area contributed by atoms with E-state index in [-0.39, 0.29) is 5.91 Å². The highest BCUT2D eigenvalue weighted by atomic mass is 35.5. The maximum atomic E-state index is 12.7. The monoisotopic (exact) mass is 350 g/mol. The molecule has 3 aliphatic rings. The smallest absolute Gasteiger partial charge is 0.226 e. The molecule has 2 saturated heterocycles. The van der Waals surface area contributed by atoms with E-state index in [0.717, 1.165) is 18.4 Å². The zero-order valence-corrected chi connectivity index (χ0v) is 14.6. The van der Waals surface area contributed by atoms with Crippen molar-refractivity contribution in [2.45, 2.75) is 50.2 Å². The van der Waals surface area contributed by atoms with E-state index >= 15 is 0 Å². The minimum atomic E-state index is 0.133. The Kier molecular flexibility index (Phi) is 4.31. The number of rotatable bonds is 3. The molecule has 130 valence electrons. The molecule has 1 aromatic carbocycles. The van der Waals surface area contributed by atoms with E-state index in [4.69, 9.17) is 21.1 Å². The van der Waals surface area contributed by atoms with Gasteiger partial charge in [0.25, 0.3) is 0 Å². The first-order valence-electron chi connectivity index (χ1n) is 8.70. The van der Waals surface area contributed by atoms with E-state index in [9.17, 15) is 4.79 Å². The Balaban J connectivity index is 1.45. The summed E-state index contributed by atoms with van der Waals surface area (Å²) in [4.78, 5) is 14.6. The molecule has 2 bridgehead atoms. The first-order valence-corrected chi connectivity index (χ1v) is 9.07. The Morgan fingerprint density at radius 3 is 2.71 bits per heavy atom. The van der Waals surface area contributed by atoms with Crippen LogP contribution in [0, 0.1) is 0 Å². The summed E-state index contributed by atoms with van der Waals surface area (Å²) in [7, 11) is 1.93. The Labute approximate surface area is 147 Å². The number of likely N-dealkylation sites (N-methyl/N-ethyl adjacent to an activating group) is 1. The number of amides is 1. The first kappa shape index (κ1) is 16.0. The van der Waals surface area contributed by atoms with E-state index in [1.54, 1.807) is 0 Å². The van der Waals surface area contributed by atoms with Crippen LogP contribution in [-0.2, 0) is 11.2 Å². The standard InChI is InChI=1S/C18H23ClN2O3/c1-21(14-9-12-2-3-13(10-14)20-12)17(22)8-11-6-15(19)18-16(7-11)23-4-5-24-18/h6-7,12-14,20H,2-5,8-10H2,1H3. The van der Waals surface area contributed by atoms with Gasteiger partial charge in [-0.1, -0.05) is 11.6 Å². The molecular formula is C18H23ClN2O3. The molecule has 24 heavy (non-hydrogen) atoms. The van der Waals surface area contributed by atoms with Gasteiger partial charge in [0.2, 0.25) is 5.91 Å². The van der Waals surface area contributed by atoms with Crippen LogP contribution >= 0.6 is 11.6 Å². The van der Waals surface area contributed by atoms with Gasteiger partial charge in [-0.3, -0.25) is 4.79 Å². The minimum absolute atomic E-state index is 0.133. The van der Waals surface area contributed by atoms with Gasteiger partial charge in [-0.2, -0.15) is 0 Å². The third-order valence-corrected chi connectivity index (χ3v) is 5.68. The van der Waals surface area contributed by atoms with Crippen LogP contribution < -0.4 is 14.8 Å². The van der Waals surface area contributed by atoms with Crippen LogP contribution in [0.25, 0.3) is 0 Å². The summed E-state index contributed by atoms with van der Waals surface area (Å²) < 4.78 is 11.1. The average Bonchev–Trinajstić information content (AvgIpc) is 2.92. The number of hydrogen-bond acceptors (Lipinski definition) is 4. The zero-order chi connectivity index (χ0) is 16.7. The van der Waals surface area contributed by atoms with Crippen LogP contribution in [0.5, 0.6) is 11.5 Å². The second kappa shape index (κ2) is 6.45. The fraction of sp³-hybridized carbons (Fsp3) is 0.611. The third kappa shape index (κ3) is 3.07. The van der Waals surface area contributed by atoms with Crippen molar-refractivity contribution in [1.29, 1.82) is 0 Å². The van der Waals surface area contributed by atoms with Gasteiger partial charge in [-0.15, -0.1) is 0 Å². The highest BCUT2D eigenvalue weighted by Crippen LogP contribution is 2.38. The van der Waals surface area contributed by atoms with Crippen molar-refractivity contribution in [2.75, 3.05) is 20.3 Å². The highest BCUT2D eigenvalue weighted by molar-refractivity contribution is 6.32. The fourth-order valence-electron chi connectivity index (χ4n) is 4.11. The van der Waals surface area contributed by atoms with E-state index in [1.807, 2.05) is 24.1 Å². The van der Waals surface area contributed by atoms with Gasteiger partial charge in [-0.25, -0.2) is 0 Å². The molecule has 2 atom stereocenters. The van der Waals surface area contributed by atoms with Crippen molar-refractivity contribution in [3.8, 4) is 11.5 Å². The molecule has 3 aliphatic heterocycles. The largest absolute Gasteiger partial charge is 0.486 e. The minimum Gasteiger partial charge on any atom is -0.486 e. The number of carbonyl (C=O) groups excluding carboxylic acids is 1. The molecule has 0 spiro atoms. The molecule has 0 aliphatic carbocycles. The van der Waals surface area contributed by atoms with Crippen molar-refractivity contribution in [3.05, 3.63) is 22.7 Å². The number of nitrogens with zero attached hydrogens (tertiary/aromatic N) is 1. The number of carbonyl (C=O) groups is 1. The number of fused-ring (bicyclic) bond motifs is 3. The molecular weight excluding hydrogens is 328 g/mol. The molecule has 3 heterocycles. The van der Waals surface area contributed by atoms with Crippen LogP contribution in [0.15, 0.2) is 12.1 Å². The maximum absolute atomic E-state index is 12.7. The van der Waals surface area contributed by atoms with Crippen molar-refractivity contribution in [1.82, 2.24) is 10.2 Å². The number of benzene rings is 1. The Bertz CT molecular complexity index is 639. The van der Waals surface area contributed by atoms with Gasteiger partial charge >= 0.3 is 0 Å². The molecule has 1 N–H and O–H groups in total. The summed E-state index contributed by atoms with van der Waals surface area (Å²) in [5.74, 6) is 1.36. The van der Waals surface area contributed by atoms with E-state index in [1.165, 1.54) is 12.8 Å². The van der Waals surface area contributed by atoms with E-state index < -0.39 is 0 Å². The number of halogens is 1. The summed E-state index contributed by atoms with van der Waals surface area (Å²) in [5.41, 5.74) is 0.873. The Morgan fingerprint density at radius 1 is 1.25 bits per heavy atom. The predicted molar refractivity (Wildman–Crippen MR) is 91.9 cm³/mol. The highest BCUT2D eigenvalue weighted by Gasteiger charge is 2.36. The summed E-state index contributed by atoms with van der Waals surface area (Å²) in [6.07, 6.45) is 4.93. The van der Waals surface area contributed by atoms with Gasteiger partial charge in [0.05, 0.1) is 11.4 Å². The van der Waals surface area contributed by atoms with Gasteiger partial charge in [0, 0.05) is 25.2 Å². The van der Waals surface area contributed by atoms with Crippen molar-refractivity contribution >= 4 is 17.5 Å². The number of nitrogens with one attached hydrogen (secondary N) is 1. The summed E-state index contributed by atoms with van der Waals surface area (Å²) >= 11 is 6.27. The second-order valence-corrected chi connectivity index (χ2v) is 7.45. The molecule has 0 radical (unpaired) electrons. The first-order chi connectivity index (χ1) is 11.6. The van der Waals surface area contributed by atoms with Crippen LogP contribution in [-0.4, -0.2) is 49.2 Å². The van der Waals surface area contributed by atoms with E-state index in [2.05, 4.69) is 5.32 Å². The Morgan fingerprint density at radius 2 is 1.96 bits per heavy atom. The normalized spacial score (nSPS) is 27.8. The lowest BCUT2D eigenvalue weighted by molar-refractivity contribution is -0.131. The second-order valence-electron chi connectivity index (χ2n) is 7.05. The predicted octanol–water partition coefficient (Wildman–Crippen LogP) is 2.40. The zero-order valence-electron chi connectivity index (χ0n) is 13.9. The van der Waals surface area contributed by atoms with Gasteiger partial charge in [-0.05, 0) is 43.4 Å². The topological polar surface area (TPSA) is 50.8 Å². The van der Waals surface area contributed by atoms with Gasteiger partial charge in [0.15, 0.2) is 11.5 Å². The number of hydrogen-bond donors (Lipinski definition) is 1. The molecule has 5 nitrogen and oxygen atoms in total. The molecule has 0 aromatic heterocycles. The van der Waals surface area contributed by atoms with Crippen LogP contribution in [0.2, 0.25) is 5.02 Å². The quantitative estimate of drug-likeness (QED) is 0.909. The third-order valence-electron chi connectivity index (χ3n) is 5.40. The molecule has 1 aromatic rings. The Hall–Kier alpha value is -1.46. The summed E-state index contributed by atoms with van der Waals surface area (Å²) in [6, 6.07) is 5.18. The van der Waals surface area contributed by atoms with Gasteiger partial charge < -0.3 is 19.7 Å². The molecule has 4 rings (SSSR count). The molecule has 6 heteroatoms. The molecule has 1 amide bonds. The lowest BCUT2D eigenvalue weighted by Crippen LogP contribution is -2.49. The van der Waals surface area contributed by atoms with Crippen molar-refractivity contribution < 1.29 is 14.3 Å². The van der Waals surface area contributed by atoms with Crippen molar-refractivity contribution in [3.63, 3.8) is 0 Å². The lowest BCUT2D eigenvalue weighted by atomic mass is 9.98. The van der Waals surface area contributed by atoms with Crippen LogP contribution in [0.3, 0.4) is 0 Å². The molecule has 2 fully saturated rings. The maximum Gasteiger partial charge on any atom is 0.226 e. The van der Waals surface area contributed by atoms with Gasteiger partial charge in [0.1, 0.15) is 13.2 Å². The molecule has 2 unspecified atom stereocenters. The average molecular weight is 351 g/mol. The SMILES string of the molecule is CN(C(=O)Cc1cc(Cl)c2c(c1)OCCO2)C1CC2CCC(C1)N2. The number of ether oxygens (including phenoxy) is 2. The number of piperidine rings is 1. The van der Waals surface area contributed by atoms with Crippen LogP contribution in [0.1, 0.15) is 31.2 Å². The van der Waals surface area contributed by atoms with E-state index in [0.29, 0.717) is 54.3 Å². The summed E-state index contributed by atoms with van der Waals surface area (Å²) in [5, 5.41) is 4.13. The summed E-state index contributed by atoms with van der Waals surface area (Å²) in [6.45, 7) is 1.02. The van der Waals surface area contributed by atoms with Crippen LogP contribution in [0.4, 0.5) is 0 Å². The molecule has 0 saturated carbocycles. The fourth-order valence-corrected chi connectivity index (χ4v) is 4.40. The lowest BCUT2D eigenvalue weighted by Gasteiger charge is -2.35.